The molecule has 4 aromatic rings. The molecule has 1 aliphatic rings. The Hall–Kier alpha value is -3.93. The molecule has 0 spiro atoms. The minimum Gasteiger partial charge on any atom is -0.466 e. The van der Waals surface area contributed by atoms with Crippen LogP contribution < -0.4 is 0 Å². The molecule has 1 aliphatic heterocycles. The summed E-state index contributed by atoms with van der Waals surface area (Å²) in [6.07, 6.45) is 2.06. The second-order valence-electron chi connectivity index (χ2n) is 9.28. The Balaban J connectivity index is 1.29. The lowest BCUT2D eigenvalue weighted by Gasteiger charge is -2.31. The number of aromatic nitrogens is 2. The van der Waals surface area contributed by atoms with Crippen LogP contribution in [0.25, 0.3) is 11.0 Å². The summed E-state index contributed by atoms with van der Waals surface area (Å²) in [5.74, 6) is 0.785. The first kappa shape index (κ1) is 23.8. The second kappa shape index (κ2) is 10.8. The van der Waals surface area contributed by atoms with Crippen molar-refractivity contribution in [2.45, 2.75) is 32.7 Å². The van der Waals surface area contributed by atoms with Gasteiger partial charge in [-0.05, 0) is 55.2 Å². The van der Waals surface area contributed by atoms with Gasteiger partial charge in [0.1, 0.15) is 5.82 Å². The van der Waals surface area contributed by atoms with Crippen LogP contribution in [0.5, 0.6) is 0 Å². The van der Waals surface area contributed by atoms with Crippen LogP contribution in [0, 0.1) is 5.92 Å². The number of para-hydroxylation sites is 2. The number of fused-ring (bicyclic) bond motifs is 1. The molecule has 2 heterocycles. The number of imidazole rings is 1. The maximum atomic E-state index is 13.1. The number of nitrogens with zero attached hydrogens (tertiary/aromatic N) is 3. The lowest BCUT2D eigenvalue weighted by Crippen LogP contribution is -2.40. The second-order valence-corrected chi connectivity index (χ2v) is 9.28. The summed E-state index contributed by atoms with van der Waals surface area (Å²) >= 11 is 0. The molecule has 0 aliphatic carbocycles. The molecule has 0 bridgehead atoms. The van der Waals surface area contributed by atoms with Gasteiger partial charge in [0.25, 0.3) is 5.91 Å². The van der Waals surface area contributed by atoms with Crippen LogP contribution in [0.1, 0.15) is 47.1 Å². The number of rotatable bonds is 7. The Kier molecular flexibility index (Phi) is 7.12. The molecule has 0 unspecified atom stereocenters. The van der Waals surface area contributed by atoms with Crippen LogP contribution in [0.15, 0.2) is 78.9 Å². The zero-order valence-electron chi connectivity index (χ0n) is 20.6. The number of hydrogen-bond donors (Lipinski definition) is 0. The zero-order valence-corrected chi connectivity index (χ0v) is 20.6. The number of ether oxygens (including phenoxy) is 1. The van der Waals surface area contributed by atoms with E-state index in [-0.39, 0.29) is 17.8 Å². The third kappa shape index (κ3) is 5.18. The Bertz CT molecular complexity index is 1340. The predicted octanol–water partition coefficient (Wildman–Crippen LogP) is 5.09. The van der Waals surface area contributed by atoms with Crippen molar-refractivity contribution in [1.82, 2.24) is 14.5 Å². The molecule has 0 radical (unpaired) electrons. The fraction of sp³-hybridized carbons (Fsp3) is 0.300. The van der Waals surface area contributed by atoms with E-state index in [0.717, 1.165) is 28.8 Å². The van der Waals surface area contributed by atoms with Gasteiger partial charge in [-0.2, -0.15) is 0 Å². The monoisotopic (exact) mass is 481 g/mol. The van der Waals surface area contributed by atoms with Crippen LogP contribution in [0.2, 0.25) is 0 Å². The number of carbonyl (C=O) groups is 2. The maximum Gasteiger partial charge on any atom is 0.309 e. The Morgan fingerprint density at radius 2 is 1.58 bits per heavy atom. The summed E-state index contributed by atoms with van der Waals surface area (Å²) in [5, 5.41) is 0. The summed E-state index contributed by atoms with van der Waals surface area (Å²) in [7, 11) is 0. The Labute approximate surface area is 211 Å². The van der Waals surface area contributed by atoms with Crippen molar-refractivity contribution in [1.29, 1.82) is 0 Å². The molecule has 0 atom stereocenters. The van der Waals surface area contributed by atoms with Gasteiger partial charge in [0.2, 0.25) is 0 Å². The zero-order chi connectivity index (χ0) is 24.9. The van der Waals surface area contributed by atoms with Gasteiger partial charge in [0.15, 0.2) is 0 Å². The summed E-state index contributed by atoms with van der Waals surface area (Å²) < 4.78 is 7.40. The van der Waals surface area contributed by atoms with Gasteiger partial charge in [-0.1, -0.05) is 54.6 Å². The minimum atomic E-state index is -0.146. The number of likely N-dealkylation sites (tertiary alicyclic amines) is 1. The van der Waals surface area contributed by atoms with E-state index in [0.29, 0.717) is 44.6 Å². The van der Waals surface area contributed by atoms with Gasteiger partial charge in [-0.15, -0.1) is 0 Å². The average Bonchev–Trinajstić information content (AvgIpc) is 3.26. The quantitative estimate of drug-likeness (QED) is 0.345. The van der Waals surface area contributed by atoms with Crippen molar-refractivity contribution < 1.29 is 14.3 Å². The molecule has 1 aromatic heterocycles. The highest BCUT2D eigenvalue weighted by Gasteiger charge is 2.28. The number of hydrogen-bond acceptors (Lipinski definition) is 4. The van der Waals surface area contributed by atoms with Gasteiger partial charge >= 0.3 is 5.97 Å². The van der Waals surface area contributed by atoms with E-state index in [4.69, 9.17) is 9.72 Å². The average molecular weight is 482 g/mol. The predicted molar refractivity (Wildman–Crippen MR) is 140 cm³/mol. The molecule has 1 saturated heterocycles. The third-order valence-electron chi connectivity index (χ3n) is 6.88. The summed E-state index contributed by atoms with van der Waals surface area (Å²) in [6.45, 7) is 4.05. The summed E-state index contributed by atoms with van der Waals surface area (Å²) in [4.78, 5) is 31.8. The maximum absolute atomic E-state index is 13.1. The van der Waals surface area contributed by atoms with E-state index < -0.39 is 0 Å². The largest absolute Gasteiger partial charge is 0.466 e. The molecule has 1 amide bonds. The van der Waals surface area contributed by atoms with Crippen LogP contribution >= 0.6 is 0 Å². The molecule has 6 nitrogen and oxygen atoms in total. The van der Waals surface area contributed by atoms with Crippen molar-refractivity contribution in [2.24, 2.45) is 5.92 Å². The minimum absolute atomic E-state index is 0.0155. The summed E-state index contributed by atoms with van der Waals surface area (Å²) in [6, 6.07) is 26.5. The number of amides is 1. The standard InChI is InChI=1S/C30H31N3O3/c1-2-36-30(35)25-16-18-32(19-17-25)29(34)24-14-12-23(13-15-24)21-33-27-11-7-6-10-26(27)31-28(33)20-22-8-4-3-5-9-22/h3-15,25H,2,16-21H2,1H3. The molecule has 0 saturated carbocycles. The van der Waals surface area contributed by atoms with E-state index in [1.54, 1.807) is 0 Å². The van der Waals surface area contributed by atoms with E-state index in [1.807, 2.05) is 60.4 Å². The van der Waals surface area contributed by atoms with Gasteiger partial charge in [-0.3, -0.25) is 9.59 Å². The molecule has 0 N–H and O–H groups in total. The van der Waals surface area contributed by atoms with Crippen LogP contribution in [0.4, 0.5) is 0 Å². The van der Waals surface area contributed by atoms with Crippen molar-refractivity contribution in [3.63, 3.8) is 0 Å². The topological polar surface area (TPSA) is 64.4 Å². The number of esters is 1. The van der Waals surface area contributed by atoms with Crippen molar-refractivity contribution in [2.75, 3.05) is 19.7 Å². The molecular formula is C30H31N3O3. The fourth-order valence-electron chi connectivity index (χ4n) is 4.91. The highest BCUT2D eigenvalue weighted by molar-refractivity contribution is 5.94. The first-order valence-electron chi connectivity index (χ1n) is 12.7. The highest BCUT2D eigenvalue weighted by atomic mass is 16.5. The van der Waals surface area contributed by atoms with Crippen molar-refractivity contribution in [3.05, 3.63) is 101 Å². The number of carbonyl (C=O) groups excluding carboxylic acids is 2. The fourth-order valence-corrected chi connectivity index (χ4v) is 4.91. The van der Waals surface area contributed by atoms with Gasteiger partial charge < -0.3 is 14.2 Å². The third-order valence-corrected chi connectivity index (χ3v) is 6.88. The first-order chi connectivity index (χ1) is 17.6. The van der Waals surface area contributed by atoms with Gasteiger partial charge in [0.05, 0.1) is 23.6 Å². The van der Waals surface area contributed by atoms with Crippen LogP contribution in [0.3, 0.4) is 0 Å². The molecular weight excluding hydrogens is 450 g/mol. The van der Waals surface area contributed by atoms with Gasteiger partial charge in [0, 0.05) is 31.6 Å². The smallest absolute Gasteiger partial charge is 0.309 e. The van der Waals surface area contributed by atoms with E-state index in [2.05, 4.69) is 34.9 Å². The highest BCUT2D eigenvalue weighted by Crippen LogP contribution is 2.23. The number of benzene rings is 3. The Morgan fingerprint density at radius 3 is 2.31 bits per heavy atom. The number of piperidine rings is 1. The normalized spacial score (nSPS) is 14.2. The summed E-state index contributed by atoms with van der Waals surface area (Å²) in [5.41, 5.74) is 5.11. The van der Waals surface area contributed by atoms with Crippen LogP contribution in [-0.2, 0) is 22.5 Å². The first-order valence-corrected chi connectivity index (χ1v) is 12.7. The van der Waals surface area contributed by atoms with E-state index in [1.165, 1.54) is 5.56 Å². The van der Waals surface area contributed by atoms with Gasteiger partial charge in [-0.25, -0.2) is 4.98 Å². The molecule has 184 valence electrons. The van der Waals surface area contributed by atoms with E-state index in [9.17, 15) is 9.59 Å². The molecule has 36 heavy (non-hydrogen) atoms. The van der Waals surface area contributed by atoms with Crippen LogP contribution in [-0.4, -0.2) is 46.0 Å². The molecule has 1 fully saturated rings. The Morgan fingerprint density at radius 1 is 0.889 bits per heavy atom. The SMILES string of the molecule is CCOC(=O)C1CCN(C(=O)c2ccc(Cn3c(Cc4ccccc4)nc4ccccc43)cc2)CC1. The molecule has 6 heteroatoms. The molecule has 5 rings (SSSR count). The van der Waals surface area contributed by atoms with Crippen molar-refractivity contribution in [3.8, 4) is 0 Å². The molecule has 3 aromatic carbocycles. The van der Waals surface area contributed by atoms with Crippen molar-refractivity contribution >= 4 is 22.9 Å². The lowest BCUT2D eigenvalue weighted by atomic mass is 9.96. The lowest BCUT2D eigenvalue weighted by molar-refractivity contribution is -0.149. The van der Waals surface area contributed by atoms with E-state index >= 15 is 0 Å².